The average molecular weight is 376 g/mol. The predicted molar refractivity (Wildman–Crippen MR) is 112 cm³/mol. The van der Waals surface area contributed by atoms with E-state index in [0.717, 1.165) is 22.5 Å². The fourth-order valence-corrected chi connectivity index (χ4v) is 2.74. The van der Waals surface area contributed by atoms with Crippen molar-refractivity contribution in [3.63, 3.8) is 0 Å². The van der Waals surface area contributed by atoms with Crippen LogP contribution in [0, 0.1) is 6.92 Å². The van der Waals surface area contributed by atoms with Crippen molar-refractivity contribution >= 4 is 17.3 Å². The molecule has 0 aliphatic rings. The maximum Gasteiger partial charge on any atom is 0.262 e. The summed E-state index contributed by atoms with van der Waals surface area (Å²) in [7, 11) is 1.59. The van der Waals surface area contributed by atoms with Crippen molar-refractivity contribution in [2.75, 3.05) is 24.4 Å². The van der Waals surface area contributed by atoms with Crippen molar-refractivity contribution in [2.24, 2.45) is 0 Å². The largest absolute Gasteiger partial charge is 0.493 e. The van der Waals surface area contributed by atoms with Crippen molar-refractivity contribution in [1.82, 2.24) is 0 Å². The Kier molecular flexibility index (Phi) is 6.52. The number of hydrogen-bond acceptors (Lipinski definition) is 4. The molecule has 3 aromatic rings. The molecule has 0 aromatic heterocycles. The van der Waals surface area contributed by atoms with E-state index in [0.29, 0.717) is 18.0 Å². The second-order valence-corrected chi connectivity index (χ2v) is 6.36. The average Bonchev–Trinajstić information content (AvgIpc) is 2.73. The molecular formula is C23H24N2O3. The van der Waals surface area contributed by atoms with E-state index in [1.165, 1.54) is 0 Å². The second kappa shape index (κ2) is 9.46. The zero-order valence-corrected chi connectivity index (χ0v) is 16.1. The van der Waals surface area contributed by atoms with Gasteiger partial charge in [0.1, 0.15) is 0 Å². The summed E-state index contributed by atoms with van der Waals surface area (Å²) in [5.74, 6) is 0.910. The summed E-state index contributed by atoms with van der Waals surface area (Å²) < 4.78 is 11.1. The predicted octanol–water partition coefficient (Wildman–Crippen LogP) is 4.63. The van der Waals surface area contributed by atoms with Crippen molar-refractivity contribution in [2.45, 2.75) is 13.5 Å². The number of ether oxygens (including phenoxy) is 2. The Hall–Kier alpha value is -3.47. The van der Waals surface area contributed by atoms with Gasteiger partial charge in [-0.1, -0.05) is 42.5 Å². The summed E-state index contributed by atoms with van der Waals surface area (Å²) >= 11 is 0. The summed E-state index contributed by atoms with van der Waals surface area (Å²) in [4.78, 5) is 12.2. The Balaban J connectivity index is 1.57. The van der Waals surface area contributed by atoms with E-state index in [-0.39, 0.29) is 12.5 Å². The van der Waals surface area contributed by atoms with E-state index in [9.17, 15) is 4.79 Å². The number of methoxy groups -OCH3 is 1. The van der Waals surface area contributed by atoms with Gasteiger partial charge < -0.3 is 20.1 Å². The summed E-state index contributed by atoms with van der Waals surface area (Å²) in [5, 5.41) is 6.21. The van der Waals surface area contributed by atoms with Crippen LogP contribution in [-0.2, 0) is 11.3 Å². The van der Waals surface area contributed by atoms with E-state index in [1.54, 1.807) is 7.11 Å². The first-order chi connectivity index (χ1) is 13.7. The first-order valence-electron chi connectivity index (χ1n) is 9.10. The van der Waals surface area contributed by atoms with Gasteiger partial charge in [0.2, 0.25) is 0 Å². The zero-order chi connectivity index (χ0) is 19.8. The van der Waals surface area contributed by atoms with Gasteiger partial charge in [-0.2, -0.15) is 0 Å². The van der Waals surface area contributed by atoms with Crippen LogP contribution in [0.2, 0.25) is 0 Å². The van der Waals surface area contributed by atoms with Crippen LogP contribution < -0.4 is 20.1 Å². The summed E-state index contributed by atoms with van der Waals surface area (Å²) in [5.41, 5.74) is 3.89. The van der Waals surface area contributed by atoms with Crippen molar-refractivity contribution in [3.8, 4) is 11.5 Å². The number of carbonyl (C=O) groups is 1. The number of rotatable bonds is 8. The van der Waals surface area contributed by atoms with E-state index in [1.807, 2.05) is 79.7 Å². The van der Waals surface area contributed by atoms with Gasteiger partial charge >= 0.3 is 0 Å². The minimum atomic E-state index is -0.217. The lowest BCUT2D eigenvalue weighted by Crippen LogP contribution is -2.20. The number of anilines is 2. The lowest BCUT2D eigenvalue weighted by molar-refractivity contribution is -0.118. The second-order valence-electron chi connectivity index (χ2n) is 6.36. The highest BCUT2D eigenvalue weighted by Crippen LogP contribution is 2.28. The maximum atomic E-state index is 12.2. The molecule has 0 bridgehead atoms. The number of aryl methyl sites for hydroxylation is 1. The summed E-state index contributed by atoms with van der Waals surface area (Å²) in [6.45, 7) is 2.52. The van der Waals surface area contributed by atoms with Crippen LogP contribution in [0.1, 0.15) is 11.1 Å². The highest BCUT2D eigenvalue weighted by molar-refractivity contribution is 5.92. The molecule has 0 saturated heterocycles. The van der Waals surface area contributed by atoms with Crippen LogP contribution in [0.4, 0.5) is 11.4 Å². The third-order valence-corrected chi connectivity index (χ3v) is 4.28. The van der Waals surface area contributed by atoms with Crippen LogP contribution in [0.15, 0.2) is 72.8 Å². The Morgan fingerprint density at radius 1 is 0.929 bits per heavy atom. The van der Waals surface area contributed by atoms with Gasteiger partial charge in [0.25, 0.3) is 5.91 Å². The molecule has 0 aliphatic heterocycles. The van der Waals surface area contributed by atoms with E-state index < -0.39 is 0 Å². The fraction of sp³-hybridized carbons (Fsp3) is 0.174. The van der Waals surface area contributed by atoms with E-state index in [4.69, 9.17) is 9.47 Å². The number of nitrogens with one attached hydrogen (secondary N) is 2. The number of para-hydroxylation sites is 2. The number of amides is 1. The highest BCUT2D eigenvalue weighted by Gasteiger charge is 2.10. The molecule has 0 spiro atoms. The molecule has 0 atom stereocenters. The third-order valence-electron chi connectivity index (χ3n) is 4.28. The minimum Gasteiger partial charge on any atom is -0.493 e. The molecule has 0 saturated carbocycles. The lowest BCUT2D eigenvalue weighted by atomic mass is 10.2. The molecule has 1 amide bonds. The van der Waals surface area contributed by atoms with Gasteiger partial charge in [-0.3, -0.25) is 4.79 Å². The molecule has 0 unspecified atom stereocenters. The molecule has 28 heavy (non-hydrogen) atoms. The molecule has 0 fully saturated rings. The quantitative estimate of drug-likeness (QED) is 0.602. The lowest BCUT2D eigenvalue weighted by Gasteiger charge is -2.13. The van der Waals surface area contributed by atoms with Crippen molar-refractivity contribution < 1.29 is 14.3 Å². The van der Waals surface area contributed by atoms with Crippen LogP contribution in [0.5, 0.6) is 11.5 Å². The number of benzene rings is 3. The Morgan fingerprint density at radius 3 is 2.43 bits per heavy atom. The highest BCUT2D eigenvalue weighted by atomic mass is 16.5. The SMILES string of the molecule is COc1cc(CNc2ccccc2)ccc1OCC(=O)Nc1ccccc1C. The molecule has 0 aliphatic carbocycles. The minimum absolute atomic E-state index is 0.0910. The van der Waals surface area contributed by atoms with Gasteiger partial charge in [0, 0.05) is 17.9 Å². The first kappa shape index (κ1) is 19.3. The molecule has 5 heteroatoms. The van der Waals surface area contributed by atoms with Crippen LogP contribution in [0.25, 0.3) is 0 Å². The van der Waals surface area contributed by atoms with Gasteiger partial charge in [-0.05, 0) is 48.4 Å². The normalized spacial score (nSPS) is 10.2. The molecule has 144 valence electrons. The Labute approximate surface area is 165 Å². The van der Waals surface area contributed by atoms with Gasteiger partial charge in [0.05, 0.1) is 7.11 Å². The first-order valence-corrected chi connectivity index (χ1v) is 9.10. The van der Waals surface area contributed by atoms with E-state index >= 15 is 0 Å². The Morgan fingerprint density at radius 2 is 1.68 bits per heavy atom. The molecule has 2 N–H and O–H groups in total. The smallest absolute Gasteiger partial charge is 0.262 e. The zero-order valence-electron chi connectivity index (χ0n) is 16.1. The molecular weight excluding hydrogens is 352 g/mol. The molecule has 0 heterocycles. The third kappa shape index (κ3) is 5.27. The van der Waals surface area contributed by atoms with Crippen molar-refractivity contribution in [3.05, 3.63) is 83.9 Å². The number of hydrogen-bond donors (Lipinski definition) is 2. The van der Waals surface area contributed by atoms with Crippen molar-refractivity contribution in [1.29, 1.82) is 0 Å². The van der Waals surface area contributed by atoms with Crippen LogP contribution in [-0.4, -0.2) is 19.6 Å². The monoisotopic (exact) mass is 376 g/mol. The van der Waals surface area contributed by atoms with E-state index in [2.05, 4.69) is 10.6 Å². The number of carbonyl (C=O) groups excluding carboxylic acids is 1. The van der Waals surface area contributed by atoms with Crippen LogP contribution >= 0.6 is 0 Å². The molecule has 5 nitrogen and oxygen atoms in total. The Bertz CT molecular complexity index is 926. The van der Waals surface area contributed by atoms with Gasteiger partial charge in [-0.25, -0.2) is 0 Å². The molecule has 3 rings (SSSR count). The topological polar surface area (TPSA) is 59.6 Å². The van der Waals surface area contributed by atoms with Gasteiger partial charge in [-0.15, -0.1) is 0 Å². The molecule has 3 aromatic carbocycles. The fourth-order valence-electron chi connectivity index (χ4n) is 2.74. The standard InChI is InChI=1S/C23H24N2O3/c1-17-8-6-7-11-20(17)25-23(26)16-28-21-13-12-18(14-22(21)27-2)15-24-19-9-4-3-5-10-19/h3-14,24H,15-16H2,1-2H3,(H,25,26). The summed E-state index contributed by atoms with van der Waals surface area (Å²) in [6.07, 6.45) is 0. The maximum absolute atomic E-state index is 12.2. The summed E-state index contributed by atoms with van der Waals surface area (Å²) in [6, 6.07) is 23.3. The van der Waals surface area contributed by atoms with Gasteiger partial charge in [0.15, 0.2) is 18.1 Å². The van der Waals surface area contributed by atoms with Crippen LogP contribution in [0.3, 0.4) is 0 Å². The molecule has 0 radical (unpaired) electrons.